The molecular weight excluding hydrogens is 238 g/mol. The minimum Gasteiger partial charge on any atom is -0.307 e. The number of nitrogens with one attached hydrogen (secondary N) is 1. The van der Waals surface area contributed by atoms with Gasteiger partial charge in [-0.05, 0) is 13.0 Å². The summed E-state index contributed by atoms with van der Waals surface area (Å²) in [5.41, 5.74) is 2.40. The molecule has 2 aromatic rings. The lowest BCUT2D eigenvalue weighted by Gasteiger charge is -2.03. The maximum Gasteiger partial charge on any atom is 0.0534 e. The highest BCUT2D eigenvalue weighted by atomic mass is 35.5. The third kappa shape index (κ3) is 3.57. The fraction of sp³-hybridized carbons (Fsp3) is 0.455. The number of aryl methyl sites for hydroxylation is 2. The first-order valence-electron chi connectivity index (χ1n) is 5.48. The van der Waals surface area contributed by atoms with Crippen molar-refractivity contribution >= 4 is 12.4 Å². The van der Waals surface area contributed by atoms with Gasteiger partial charge in [0.2, 0.25) is 0 Å². The van der Waals surface area contributed by atoms with E-state index in [0.717, 1.165) is 19.6 Å². The molecule has 0 saturated heterocycles. The minimum absolute atomic E-state index is 0. The Hall–Kier alpha value is -1.33. The Morgan fingerprint density at radius 2 is 2.12 bits per heavy atom. The Morgan fingerprint density at radius 3 is 2.71 bits per heavy atom. The fourth-order valence-corrected chi connectivity index (χ4v) is 1.58. The molecule has 6 heteroatoms. The van der Waals surface area contributed by atoms with Gasteiger partial charge in [0, 0.05) is 44.6 Å². The number of hydrogen-bond acceptors (Lipinski definition) is 3. The molecule has 0 radical (unpaired) electrons. The molecule has 0 aliphatic rings. The van der Waals surface area contributed by atoms with E-state index in [-0.39, 0.29) is 12.4 Å². The molecule has 0 amide bonds. The molecule has 94 valence electrons. The van der Waals surface area contributed by atoms with Gasteiger partial charge in [-0.15, -0.1) is 12.4 Å². The lowest BCUT2D eigenvalue weighted by atomic mass is 10.3. The van der Waals surface area contributed by atoms with Crippen molar-refractivity contribution < 1.29 is 0 Å². The summed E-state index contributed by atoms with van der Waals surface area (Å²) in [6.45, 7) is 4.67. The first-order chi connectivity index (χ1) is 7.79. The number of halogens is 1. The maximum absolute atomic E-state index is 4.23. The SMILES string of the molecule is CCn1cc(CNCc2ccnn2C)cn1.Cl. The van der Waals surface area contributed by atoms with Crippen molar-refractivity contribution in [2.45, 2.75) is 26.6 Å². The summed E-state index contributed by atoms with van der Waals surface area (Å²) in [5, 5.41) is 11.7. The molecule has 0 spiro atoms. The Balaban J connectivity index is 0.00000144. The van der Waals surface area contributed by atoms with Gasteiger partial charge in [0.15, 0.2) is 0 Å². The summed E-state index contributed by atoms with van der Waals surface area (Å²) >= 11 is 0. The zero-order valence-corrected chi connectivity index (χ0v) is 10.9. The number of aromatic nitrogens is 4. The van der Waals surface area contributed by atoms with Gasteiger partial charge in [0.1, 0.15) is 0 Å². The first kappa shape index (κ1) is 13.7. The normalized spacial score (nSPS) is 10.2. The van der Waals surface area contributed by atoms with E-state index in [9.17, 15) is 0 Å². The molecule has 0 aromatic carbocycles. The van der Waals surface area contributed by atoms with Gasteiger partial charge in [-0.1, -0.05) is 0 Å². The Morgan fingerprint density at radius 1 is 1.29 bits per heavy atom. The molecule has 0 bridgehead atoms. The summed E-state index contributed by atoms with van der Waals surface area (Å²) in [5.74, 6) is 0. The first-order valence-corrected chi connectivity index (χ1v) is 5.48. The predicted octanol–water partition coefficient (Wildman–Crippen LogP) is 1.35. The Kier molecular flexibility index (Phi) is 5.18. The average Bonchev–Trinajstić information content (AvgIpc) is 2.89. The van der Waals surface area contributed by atoms with Crippen LogP contribution in [0.15, 0.2) is 24.7 Å². The maximum atomic E-state index is 4.23. The number of rotatable bonds is 5. The van der Waals surface area contributed by atoms with E-state index >= 15 is 0 Å². The van der Waals surface area contributed by atoms with Crippen molar-refractivity contribution in [3.05, 3.63) is 35.9 Å². The molecule has 0 aliphatic carbocycles. The third-order valence-electron chi connectivity index (χ3n) is 2.57. The standard InChI is InChI=1S/C11H17N5.ClH/c1-3-16-9-10(7-14-16)6-12-8-11-4-5-13-15(11)2;/h4-5,7,9,12H,3,6,8H2,1-2H3;1H. The van der Waals surface area contributed by atoms with Crippen LogP contribution >= 0.6 is 12.4 Å². The van der Waals surface area contributed by atoms with Crippen molar-refractivity contribution in [3.63, 3.8) is 0 Å². The van der Waals surface area contributed by atoms with Crippen LogP contribution in [0, 0.1) is 0 Å². The van der Waals surface area contributed by atoms with Gasteiger partial charge >= 0.3 is 0 Å². The van der Waals surface area contributed by atoms with E-state index in [2.05, 4.69) is 28.6 Å². The van der Waals surface area contributed by atoms with Crippen LogP contribution in [0.1, 0.15) is 18.2 Å². The summed E-state index contributed by atoms with van der Waals surface area (Å²) in [4.78, 5) is 0. The molecule has 5 nitrogen and oxygen atoms in total. The number of hydrogen-bond donors (Lipinski definition) is 1. The van der Waals surface area contributed by atoms with Gasteiger partial charge in [-0.3, -0.25) is 9.36 Å². The highest BCUT2D eigenvalue weighted by Crippen LogP contribution is 1.99. The van der Waals surface area contributed by atoms with Crippen molar-refractivity contribution in [3.8, 4) is 0 Å². The molecule has 0 fully saturated rings. The lowest BCUT2D eigenvalue weighted by Crippen LogP contribution is -2.14. The van der Waals surface area contributed by atoms with E-state index < -0.39 is 0 Å². The molecule has 2 heterocycles. The van der Waals surface area contributed by atoms with Crippen molar-refractivity contribution in [2.75, 3.05) is 0 Å². The summed E-state index contributed by atoms with van der Waals surface area (Å²) in [6, 6.07) is 2.02. The van der Waals surface area contributed by atoms with Gasteiger partial charge in [0.25, 0.3) is 0 Å². The zero-order chi connectivity index (χ0) is 11.4. The van der Waals surface area contributed by atoms with E-state index in [1.807, 2.05) is 34.9 Å². The molecule has 17 heavy (non-hydrogen) atoms. The van der Waals surface area contributed by atoms with Crippen LogP contribution in [0.3, 0.4) is 0 Å². The quantitative estimate of drug-likeness (QED) is 0.877. The molecule has 1 N–H and O–H groups in total. The molecule has 0 saturated carbocycles. The second kappa shape index (κ2) is 6.42. The topological polar surface area (TPSA) is 47.7 Å². The molecule has 0 atom stereocenters. The minimum atomic E-state index is 0. The number of nitrogens with zero attached hydrogens (tertiary/aromatic N) is 4. The molecule has 0 aliphatic heterocycles. The average molecular weight is 256 g/mol. The Labute approximate surface area is 107 Å². The predicted molar refractivity (Wildman–Crippen MR) is 68.9 cm³/mol. The van der Waals surface area contributed by atoms with Crippen LogP contribution in [0.2, 0.25) is 0 Å². The highest BCUT2D eigenvalue weighted by Gasteiger charge is 1.99. The van der Waals surface area contributed by atoms with Crippen LogP contribution in [0.25, 0.3) is 0 Å². The highest BCUT2D eigenvalue weighted by molar-refractivity contribution is 5.85. The van der Waals surface area contributed by atoms with Gasteiger partial charge in [-0.2, -0.15) is 10.2 Å². The van der Waals surface area contributed by atoms with E-state index in [0.29, 0.717) is 0 Å². The van der Waals surface area contributed by atoms with Crippen LogP contribution in [0.4, 0.5) is 0 Å². The van der Waals surface area contributed by atoms with Crippen molar-refractivity contribution in [2.24, 2.45) is 7.05 Å². The van der Waals surface area contributed by atoms with Crippen molar-refractivity contribution in [1.29, 1.82) is 0 Å². The Bertz CT molecular complexity index is 448. The van der Waals surface area contributed by atoms with Crippen LogP contribution in [-0.2, 0) is 26.7 Å². The molecule has 2 aromatic heterocycles. The molecular formula is C11H18ClN5. The van der Waals surface area contributed by atoms with Crippen LogP contribution in [-0.4, -0.2) is 19.6 Å². The monoisotopic (exact) mass is 255 g/mol. The third-order valence-corrected chi connectivity index (χ3v) is 2.57. The lowest BCUT2D eigenvalue weighted by molar-refractivity contribution is 0.624. The van der Waals surface area contributed by atoms with Crippen LogP contribution < -0.4 is 5.32 Å². The molecule has 0 unspecified atom stereocenters. The summed E-state index contributed by atoms with van der Waals surface area (Å²) in [6.07, 6.45) is 5.78. The zero-order valence-electron chi connectivity index (χ0n) is 10.1. The van der Waals surface area contributed by atoms with Crippen LogP contribution in [0.5, 0.6) is 0 Å². The van der Waals surface area contributed by atoms with Gasteiger partial charge < -0.3 is 5.32 Å². The second-order valence-electron chi connectivity index (χ2n) is 3.75. The smallest absolute Gasteiger partial charge is 0.0534 e. The summed E-state index contributed by atoms with van der Waals surface area (Å²) < 4.78 is 3.81. The van der Waals surface area contributed by atoms with Gasteiger partial charge in [-0.25, -0.2) is 0 Å². The summed E-state index contributed by atoms with van der Waals surface area (Å²) in [7, 11) is 1.95. The molecule has 2 rings (SSSR count). The van der Waals surface area contributed by atoms with E-state index in [4.69, 9.17) is 0 Å². The van der Waals surface area contributed by atoms with E-state index in [1.54, 1.807) is 0 Å². The fourth-order valence-electron chi connectivity index (χ4n) is 1.58. The van der Waals surface area contributed by atoms with Crippen molar-refractivity contribution in [1.82, 2.24) is 24.9 Å². The second-order valence-corrected chi connectivity index (χ2v) is 3.75. The van der Waals surface area contributed by atoms with Gasteiger partial charge in [0.05, 0.1) is 11.9 Å². The van der Waals surface area contributed by atoms with E-state index in [1.165, 1.54) is 11.3 Å². The largest absolute Gasteiger partial charge is 0.307 e.